The molecule has 3 rings (SSSR count). The Bertz CT molecular complexity index is 981. The SMILES string of the molecule is CCNC(=O)[C@@H](C)N(Cc1ccc(C)cc1)C(=O)CCCN1C(=O)c2ccccc2C1=O. The molecule has 0 bridgehead atoms. The zero-order valence-corrected chi connectivity index (χ0v) is 18.8. The number of benzene rings is 2. The molecule has 0 spiro atoms. The fourth-order valence-electron chi connectivity index (χ4n) is 3.77. The molecule has 1 N–H and O–H groups in total. The van der Waals surface area contributed by atoms with Gasteiger partial charge in [0, 0.05) is 26.1 Å². The molecular weight excluding hydrogens is 406 g/mol. The maximum absolute atomic E-state index is 13.1. The minimum Gasteiger partial charge on any atom is -0.355 e. The summed E-state index contributed by atoms with van der Waals surface area (Å²) >= 11 is 0. The van der Waals surface area contributed by atoms with Crippen molar-refractivity contribution in [2.75, 3.05) is 13.1 Å². The standard InChI is InChI=1S/C25H29N3O4/c1-4-26-23(30)18(3)28(16-19-13-11-17(2)12-14-19)22(29)10-7-15-27-24(31)20-8-5-6-9-21(20)25(27)32/h5-6,8-9,11-14,18H,4,7,10,15-16H2,1-3H3,(H,26,30)/t18-/m1/s1. The third-order valence-electron chi connectivity index (χ3n) is 5.64. The summed E-state index contributed by atoms with van der Waals surface area (Å²) in [4.78, 5) is 53.3. The molecule has 0 radical (unpaired) electrons. The molecule has 0 fully saturated rings. The highest BCUT2D eigenvalue weighted by Gasteiger charge is 2.35. The van der Waals surface area contributed by atoms with Gasteiger partial charge in [0.25, 0.3) is 11.8 Å². The number of rotatable bonds is 9. The van der Waals surface area contributed by atoms with E-state index in [9.17, 15) is 19.2 Å². The van der Waals surface area contributed by atoms with E-state index in [4.69, 9.17) is 0 Å². The smallest absolute Gasteiger partial charge is 0.261 e. The number of carbonyl (C=O) groups excluding carboxylic acids is 4. The number of carbonyl (C=O) groups is 4. The highest BCUT2D eigenvalue weighted by Crippen LogP contribution is 2.23. The summed E-state index contributed by atoms with van der Waals surface area (Å²) in [6.07, 6.45) is 0.458. The van der Waals surface area contributed by atoms with Crippen molar-refractivity contribution >= 4 is 23.6 Å². The molecule has 0 aliphatic carbocycles. The third-order valence-corrected chi connectivity index (χ3v) is 5.64. The number of hydrogen-bond donors (Lipinski definition) is 1. The topological polar surface area (TPSA) is 86.8 Å². The van der Waals surface area contributed by atoms with Gasteiger partial charge in [-0.15, -0.1) is 0 Å². The normalized spacial score (nSPS) is 13.7. The second-order valence-corrected chi connectivity index (χ2v) is 7.99. The van der Waals surface area contributed by atoms with E-state index in [1.54, 1.807) is 36.1 Å². The molecule has 7 nitrogen and oxygen atoms in total. The Morgan fingerprint density at radius 1 is 1.00 bits per heavy atom. The van der Waals surface area contributed by atoms with Gasteiger partial charge in [-0.05, 0) is 44.9 Å². The van der Waals surface area contributed by atoms with Crippen LogP contribution in [0.1, 0.15) is 58.5 Å². The number of nitrogens with zero attached hydrogens (tertiary/aromatic N) is 2. The zero-order valence-electron chi connectivity index (χ0n) is 18.8. The third kappa shape index (κ3) is 5.04. The van der Waals surface area contributed by atoms with E-state index < -0.39 is 6.04 Å². The summed E-state index contributed by atoms with van der Waals surface area (Å²) in [6, 6.07) is 13.9. The van der Waals surface area contributed by atoms with Crippen LogP contribution in [0, 0.1) is 6.92 Å². The molecule has 4 amide bonds. The maximum atomic E-state index is 13.1. The van der Waals surface area contributed by atoms with Gasteiger partial charge in [-0.3, -0.25) is 24.1 Å². The first-order chi connectivity index (χ1) is 15.3. The number of aryl methyl sites for hydroxylation is 1. The number of imide groups is 1. The molecule has 1 heterocycles. The average molecular weight is 436 g/mol. The highest BCUT2D eigenvalue weighted by atomic mass is 16.2. The van der Waals surface area contributed by atoms with Crippen LogP contribution in [0.25, 0.3) is 0 Å². The minimum atomic E-state index is -0.636. The maximum Gasteiger partial charge on any atom is 0.261 e. The van der Waals surface area contributed by atoms with Gasteiger partial charge in [-0.1, -0.05) is 42.0 Å². The summed E-state index contributed by atoms with van der Waals surface area (Å²) in [5, 5.41) is 2.77. The summed E-state index contributed by atoms with van der Waals surface area (Å²) < 4.78 is 0. The fourth-order valence-corrected chi connectivity index (χ4v) is 3.77. The molecule has 1 atom stereocenters. The van der Waals surface area contributed by atoms with E-state index in [1.165, 1.54) is 4.90 Å². The van der Waals surface area contributed by atoms with Crippen LogP contribution in [-0.2, 0) is 16.1 Å². The Kier molecular flexibility index (Phi) is 7.41. The lowest BCUT2D eigenvalue weighted by Crippen LogP contribution is -2.47. The van der Waals surface area contributed by atoms with Crippen LogP contribution < -0.4 is 5.32 Å². The van der Waals surface area contributed by atoms with Gasteiger partial charge in [0.1, 0.15) is 6.04 Å². The van der Waals surface area contributed by atoms with Gasteiger partial charge in [0.05, 0.1) is 11.1 Å². The number of likely N-dealkylation sites (N-methyl/N-ethyl adjacent to an activating group) is 1. The molecule has 0 saturated heterocycles. The van der Waals surface area contributed by atoms with Crippen LogP contribution in [0.4, 0.5) is 0 Å². The monoisotopic (exact) mass is 435 g/mol. The van der Waals surface area contributed by atoms with Crippen LogP contribution in [0.3, 0.4) is 0 Å². The predicted molar refractivity (Wildman–Crippen MR) is 121 cm³/mol. The molecule has 0 unspecified atom stereocenters. The summed E-state index contributed by atoms with van der Waals surface area (Å²) in [5.41, 5.74) is 2.84. The molecule has 2 aromatic rings. The molecule has 0 aromatic heterocycles. The first-order valence-electron chi connectivity index (χ1n) is 10.9. The zero-order chi connectivity index (χ0) is 23.3. The van der Waals surface area contributed by atoms with Crippen molar-refractivity contribution in [1.82, 2.24) is 15.1 Å². The van der Waals surface area contributed by atoms with Crippen LogP contribution in [0.5, 0.6) is 0 Å². The Balaban J connectivity index is 1.65. The Morgan fingerprint density at radius 2 is 1.59 bits per heavy atom. The van der Waals surface area contributed by atoms with E-state index in [-0.39, 0.29) is 36.6 Å². The first-order valence-corrected chi connectivity index (χ1v) is 10.9. The summed E-state index contributed by atoms with van der Waals surface area (Å²) in [5.74, 6) is -1.07. The van der Waals surface area contributed by atoms with Crippen molar-refractivity contribution in [2.24, 2.45) is 0 Å². The molecule has 0 saturated carbocycles. The van der Waals surface area contributed by atoms with Gasteiger partial charge in [0.2, 0.25) is 11.8 Å². The fraction of sp³-hybridized carbons (Fsp3) is 0.360. The van der Waals surface area contributed by atoms with E-state index in [2.05, 4.69) is 5.32 Å². The summed E-state index contributed by atoms with van der Waals surface area (Å²) in [6.45, 7) is 6.48. The number of amides is 4. The second-order valence-electron chi connectivity index (χ2n) is 7.99. The van der Waals surface area contributed by atoms with Gasteiger partial charge in [0.15, 0.2) is 0 Å². The van der Waals surface area contributed by atoms with Crippen molar-refractivity contribution in [1.29, 1.82) is 0 Å². The molecular formula is C25H29N3O4. The van der Waals surface area contributed by atoms with Crippen molar-refractivity contribution in [3.63, 3.8) is 0 Å². The van der Waals surface area contributed by atoms with Crippen molar-refractivity contribution < 1.29 is 19.2 Å². The molecule has 7 heteroatoms. The van der Waals surface area contributed by atoms with Crippen LogP contribution in [0.15, 0.2) is 48.5 Å². The highest BCUT2D eigenvalue weighted by molar-refractivity contribution is 6.21. The first kappa shape index (κ1) is 23.2. The van der Waals surface area contributed by atoms with E-state index in [0.29, 0.717) is 30.6 Å². The lowest BCUT2D eigenvalue weighted by atomic mass is 10.1. The lowest BCUT2D eigenvalue weighted by molar-refractivity contribution is -0.140. The van der Waals surface area contributed by atoms with Crippen LogP contribution in [0.2, 0.25) is 0 Å². The number of hydrogen-bond acceptors (Lipinski definition) is 4. The van der Waals surface area contributed by atoms with Gasteiger partial charge < -0.3 is 10.2 Å². The molecule has 1 aliphatic rings. The van der Waals surface area contributed by atoms with Crippen molar-refractivity contribution in [3.8, 4) is 0 Å². The van der Waals surface area contributed by atoms with E-state index >= 15 is 0 Å². The predicted octanol–water partition coefficient (Wildman–Crippen LogP) is 2.92. The molecule has 1 aliphatic heterocycles. The van der Waals surface area contributed by atoms with Crippen molar-refractivity contribution in [2.45, 2.75) is 46.2 Å². The Labute approximate surface area is 188 Å². The number of nitrogens with one attached hydrogen (secondary N) is 1. The van der Waals surface area contributed by atoms with Crippen LogP contribution in [-0.4, -0.2) is 52.6 Å². The van der Waals surface area contributed by atoms with Crippen molar-refractivity contribution in [3.05, 3.63) is 70.8 Å². The van der Waals surface area contributed by atoms with E-state index in [1.807, 2.05) is 38.1 Å². The molecule has 168 valence electrons. The van der Waals surface area contributed by atoms with Crippen LogP contribution >= 0.6 is 0 Å². The average Bonchev–Trinajstić information content (AvgIpc) is 3.03. The largest absolute Gasteiger partial charge is 0.355 e. The molecule has 2 aromatic carbocycles. The second kappa shape index (κ2) is 10.2. The Hall–Kier alpha value is -3.48. The van der Waals surface area contributed by atoms with Gasteiger partial charge in [-0.2, -0.15) is 0 Å². The Morgan fingerprint density at radius 3 is 2.16 bits per heavy atom. The quantitative estimate of drug-likeness (QED) is 0.614. The molecule has 32 heavy (non-hydrogen) atoms. The number of fused-ring (bicyclic) bond motifs is 1. The van der Waals surface area contributed by atoms with Gasteiger partial charge >= 0.3 is 0 Å². The lowest BCUT2D eigenvalue weighted by Gasteiger charge is -2.29. The minimum absolute atomic E-state index is 0.128. The van der Waals surface area contributed by atoms with Gasteiger partial charge in [-0.25, -0.2) is 0 Å². The van der Waals surface area contributed by atoms with E-state index in [0.717, 1.165) is 11.1 Å². The summed E-state index contributed by atoms with van der Waals surface area (Å²) in [7, 11) is 0.